The Kier molecular flexibility index (Phi) is 7.66. The highest BCUT2D eigenvalue weighted by molar-refractivity contribution is 6.42. The van der Waals surface area contributed by atoms with Crippen LogP contribution >= 0.6 is 34.8 Å². The van der Waals surface area contributed by atoms with Gasteiger partial charge in [0, 0.05) is 23.2 Å². The molecule has 1 atom stereocenters. The molecule has 0 saturated heterocycles. The standard InChI is InChI=1S/C18H20Cl3NO2/c1-2-15(10-23)22-9-13-8-14(19)4-6-18(13)24-11-12-3-5-16(20)17(21)7-12/h3-8,15,22-23H,2,9-11H2,1H3/t15-/m1/s1. The van der Waals surface area contributed by atoms with E-state index in [2.05, 4.69) is 5.32 Å². The Labute approximate surface area is 157 Å². The molecule has 0 unspecified atom stereocenters. The number of aliphatic hydroxyl groups excluding tert-OH is 1. The van der Waals surface area contributed by atoms with Gasteiger partial charge in [-0.3, -0.25) is 0 Å². The van der Waals surface area contributed by atoms with E-state index < -0.39 is 0 Å². The minimum Gasteiger partial charge on any atom is -0.489 e. The molecule has 0 aromatic heterocycles. The first-order valence-corrected chi connectivity index (χ1v) is 8.86. The number of ether oxygens (including phenoxy) is 1. The van der Waals surface area contributed by atoms with Gasteiger partial charge in [0.25, 0.3) is 0 Å². The maximum Gasteiger partial charge on any atom is 0.124 e. The highest BCUT2D eigenvalue weighted by Gasteiger charge is 2.09. The van der Waals surface area contributed by atoms with Crippen LogP contribution in [0.25, 0.3) is 0 Å². The van der Waals surface area contributed by atoms with Crippen LogP contribution in [-0.2, 0) is 13.2 Å². The number of rotatable bonds is 8. The van der Waals surface area contributed by atoms with Gasteiger partial charge in [-0.2, -0.15) is 0 Å². The lowest BCUT2D eigenvalue weighted by Gasteiger charge is -2.17. The van der Waals surface area contributed by atoms with Crippen LogP contribution in [0.4, 0.5) is 0 Å². The summed E-state index contributed by atoms with van der Waals surface area (Å²) < 4.78 is 5.91. The molecule has 0 aliphatic rings. The number of halogens is 3. The molecule has 0 saturated carbocycles. The molecule has 2 rings (SSSR count). The fourth-order valence-corrected chi connectivity index (χ4v) is 2.73. The molecule has 0 radical (unpaired) electrons. The van der Waals surface area contributed by atoms with Crippen molar-refractivity contribution in [3.05, 3.63) is 62.6 Å². The summed E-state index contributed by atoms with van der Waals surface area (Å²) in [5.41, 5.74) is 1.87. The van der Waals surface area contributed by atoms with Crippen LogP contribution in [0, 0.1) is 0 Å². The van der Waals surface area contributed by atoms with Gasteiger partial charge in [0.1, 0.15) is 12.4 Å². The molecule has 130 valence electrons. The van der Waals surface area contributed by atoms with Crippen LogP contribution in [0.3, 0.4) is 0 Å². The van der Waals surface area contributed by atoms with Gasteiger partial charge in [0.15, 0.2) is 0 Å². The highest BCUT2D eigenvalue weighted by atomic mass is 35.5. The summed E-state index contributed by atoms with van der Waals surface area (Å²) in [5, 5.41) is 14.2. The molecule has 2 aromatic carbocycles. The van der Waals surface area contributed by atoms with Gasteiger partial charge in [-0.25, -0.2) is 0 Å². The molecule has 0 aliphatic carbocycles. The first-order valence-electron chi connectivity index (χ1n) is 7.72. The lowest BCUT2D eigenvalue weighted by Crippen LogP contribution is -2.31. The van der Waals surface area contributed by atoms with Crippen molar-refractivity contribution in [2.24, 2.45) is 0 Å². The third kappa shape index (κ3) is 5.54. The van der Waals surface area contributed by atoms with Crippen LogP contribution in [0.1, 0.15) is 24.5 Å². The molecule has 0 fully saturated rings. The Bertz CT molecular complexity index is 675. The molecule has 24 heavy (non-hydrogen) atoms. The normalized spacial score (nSPS) is 12.2. The van der Waals surface area contributed by atoms with E-state index in [0.29, 0.717) is 28.2 Å². The van der Waals surface area contributed by atoms with Crippen LogP contribution in [0.5, 0.6) is 5.75 Å². The molecule has 0 amide bonds. The van der Waals surface area contributed by atoms with E-state index in [-0.39, 0.29) is 12.6 Å². The second-order valence-corrected chi connectivity index (χ2v) is 6.71. The molecule has 2 N–H and O–H groups in total. The van der Waals surface area contributed by atoms with E-state index >= 15 is 0 Å². The van der Waals surface area contributed by atoms with Crippen molar-refractivity contribution in [1.82, 2.24) is 5.32 Å². The van der Waals surface area contributed by atoms with Crippen molar-refractivity contribution in [3.8, 4) is 5.75 Å². The molecule has 6 heteroatoms. The van der Waals surface area contributed by atoms with Gasteiger partial charge in [-0.15, -0.1) is 0 Å². The van der Waals surface area contributed by atoms with E-state index in [1.165, 1.54) is 0 Å². The zero-order valence-corrected chi connectivity index (χ0v) is 15.6. The maximum atomic E-state index is 9.29. The summed E-state index contributed by atoms with van der Waals surface area (Å²) in [4.78, 5) is 0. The Balaban J connectivity index is 2.07. The van der Waals surface area contributed by atoms with Gasteiger partial charge in [0.2, 0.25) is 0 Å². The minimum atomic E-state index is 0.0481. The molecule has 0 bridgehead atoms. The summed E-state index contributed by atoms with van der Waals surface area (Å²) in [6, 6.07) is 11.0. The smallest absolute Gasteiger partial charge is 0.124 e. The van der Waals surface area contributed by atoms with Crippen molar-refractivity contribution >= 4 is 34.8 Å². The van der Waals surface area contributed by atoms with E-state index in [9.17, 15) is 5.11 Å². The predicted molar refractivity (Wildman–Crippen MR) is 100 cm³/mol. The monoisotopic (exact) mass is 387 g/mol. The van der Waals surface area contributed by atoms with E-state index in [0.717, 1.165) is 23.3 Å². The van der Waals surface area contributed by atoms with Crippen LogP contribution in [0.15, 0.2) is 36.4 Å². The summed E-state index contributed by atoms with van der Waals surface area (Å²) in [5.74, 6) is 0.741. The van der Waals surface area contributed by atoms with E-state index in [1.807, 2.05) is 25.1 Å². The van der Waals surface area contributed by atoms with Crippen molar-refractivity contribution in [1.29, 1.82) is 0 Å². The minimum absolute atomic E-state index is 0.0481. The van der Waals surface area contributed by atoms with Gasteiger partial charge in [-0.05, 0) is 42.3 Å². The predicted octanol–water partition coefficient (Wildman–Crippen LogP) is 5.09. The number of hydrogen-bond donors (Lipinski definition) is 2. The second kappa shape index (κ2) is 9.50. The summed E-state index contributed by atoms with van der Waals surface area (Å²) in [7, 11) is 0. The summed E-state index contributed by atoms with van der Waals surface area (Å²) in [6.07, 6.45) is 0.844. The number of nitrogens with one attached hydrogen (secondary N) is 1. The fourth-order valence-electron chi connectivity index (χ4n) is 2.21. The van der Waals surface area contributed by atoms with Gasteiger partial charge >= 0.3 is 0 Å². The zero-order valence-electron chi connectivity index (χ0n) is 13.4. The average molecular weight is 389 g/mol. The molecular weight excluding hydrogens is 369 g/mol. The highest BCUT2D eigenvalue weighted by Crippen LogP contribution is 2.26. The molecule has 0 spiro atoms. The lowest BCUT2D eigenvalue weighted by molar-refractivity contribution is 0.237. The van der Waals surface area contributed by atoms with Gasteiger partial charge in [0.05, 0.1) is 16.7 Å². The topological polar surface area (TPSA) is 41.5 Å². The Hall–Kier alpha value is -0.970. The molecular formula is C18H20Cl3NO2. The second-order valence-electron chi connectivity index (χ2n) is 5.46. The fraction of sp³-hybridized carbons (Fsp3) is 0.333. The molecule has 2 aromatic rings. The number of benzene rings is 2. The molecule has 0 aliphatic heterocycles. The van der Waals surface area contributed by atoms with Crippen molar-refractivity contribution in [2.75, 3.05) is 6.61 Å². The average Bonchev–Trinajstić information content (AvgIpc) is 2.58. The van der Waals surface area contributed by atoms with E-state index in [1.54, 1.807) is 18.2 Å². The lowest BCUT2D eigenvalue weighted by atomic mass is 10.1. The zero-order chi connectivity index (χ0) is 17.5. The quantitative estimate of drug-likeness (QED) is 0.662. The van der Waals surface area contributed by atoms with E-state index in [4.69, 9.17) is 39.5 Å². The first kappa shape index (κ1) is 19.4. The summed E-state index contributed by atoms with van der Waals surface area (Å²) in [6.45, 7) is 3.06. The largest absolute Gasteiger partial charge is 0.489 e. The van der Waals surface area contributed by atoms with Crippen molar-refractivity contribution < 1.29 is 9.84 Å². The SMILES string of the molecule is CC[C@H](CO)NCc1cc(Cl)ccc1OCc1ccc(Cl)c(Cl)c1. The molecule has 3 nitrogen and oxygen atoms in total. The van der Waals surface area contributed by atoms with Crippen LogP contribution in [-0.4, -0.2) is 17.8 Å². The number of hydrogen-bond acceptors (Lipinski definition) is 3. The third-order valence-corrected chi connectivity index (χ3v) is 4.67. The first-order chi connectivity index (χ1) is 11.5. The Morgan fingerprint density at radius 2 is 1.88 bits per heavy atom. The summed E-state index contributed by atoms with van der Waals surface area (Å²) >= 11 is 18.0. The Morgan fingerprint density at radius 1 is 1.08 bits per heavy atom. The molecule has 0 heterocycles. The maximum absolute atomic E-state index is 9.29. The van der Waals surface area contributed by atoms with Crippen molar-refractivity contribution in [3.63, 3.8) is 0 Å². The van der Waals surface area contributed by atoms with Crippen molar-refractivity contribution in [2.45, 2.75) is 32.5 Å². The van der Waals surface area contributed by atoms with Crippen LogP contribution < -0.4 is 10.1 Å². The number of aliphatic hydroxyl groups is 1. The van der Waals surface area contributed by atoms with Crippen LogP contribution in [0.2, 0.25) is 15.1 Å². The Morgan fingerprint density at radius 3 is 2.54 bits per heavy atom. The van der Waals surface area contributed by atoms with Gasteiger partial charge < -0.3 is 15.2 Å². The third-order valence-electron chi connectivity index (χ3n) is 3.70. The van der Waals surface area contributed by atoms with Gasteiger partial charge in [-0.1, -0.05) is 47.8 Å².